The summed E-state index contributed by atoms with van der Waals surface area (Å²) in [4.78, 5) is 1.28. The predicted molar refractivity (Wildman–Crippen MR) is 84.3 cm³/mol. The van der Waals surface area contributed by atoms with Crippen molar-refractivity contribution in [3.63, 3.8) is 0 Å². The summed E-state index contributed by atoms with van der Waals surface area (Å²) in [7, 11) is 1.95. The minimum Gasteiger partial charge on any atom is -0.377 e. The maximum Gasteiger partial charge on any atom is 0.0881 e. The van der Waals surface area contributed by atoms with E-state index in [9.17, 15) is 0 Å². The molecule has 0 atom stereocenters. The lowest BCUT2D eigenvalue weighted by atomic mass is 10.1. The molecule has 1 N–H and O–H groups in total. The minimum absolute atomic E-state index is 0.426. The fraction of sp³-hybridized carbons (Fsp3) is 0.417. The number of halogens is 2. The molecule has 98 valence electrons. The van der Waals surface area contributed by atoms with E-state index in [2.05, 4.69) is 62.2 Å². The molecule has 2 aromatic rings. The average molecular weight is 393 g/mol. The van der Waals surface area contributed by atoms with Crippen LogP contribution >= 0.6 is 43.2 Å². The Morgan fingerprint density at radius 2 is 2.17 bits per heavy atom. The number of aryl methyl sites for hydroxylation is 1. The van der Waals surface area contributed by atoms with Crippen molar-refractivity contribution in [2.45, 2.75) is 26.3 Å². The van der Waals surface area contributed by atoms with E-state index in [1.807, 2.05) is 17.9 Å². The fourth-order valence-corrected chi connectivity index (χ4v) is 3.85. The molecule has 0 amide bonds. The Labute approximate surface area is 128 Å². The summed E-state index contributed by atoms with van der Waals surface area (Å²) in [6, 6.07) is 2.13. The van der Waals surface area contributed by atoms with Crippen molar-refractivity contribution >= 4 is 48.9 Å². The Morgan fingerprint density at radius 1 is 1.44 bits per heavy atom. The number of anilines is 1. The number of nitrogens with one attached hydrogen (secondary N) is 1. The van der Waals surface area contributed by atoms with E-state index >= 15 is 0 Å². The molecule has 3 nitrogen and oxygen atoms in total. The van der Waals surface area contributed by atoms with Crippen LogP contribution in [0.4, 0.5) is 5.69 Å². The molecule has 2 heterocycles. The van der Waals surface area contributed by atoms with E-state index in [1.165, 1.54) is 4.88 Å². The van der Waals surface area contributed by atoms with E-state index in [0.717, 1.165) is 26.2 Å². The zero-order chi connectivity index (χ0) is 13.3. The number of nitrogens with zero attached hydrogens (tertiary/aromatic N) is 2. The van der Waals surface area contributed by atoms with Crippen LogP contribution in [-0.4, -0.2) is 9.78 Å². The van der Waals surface area contributed by atoms with Gasteiger partial charge in [-0.1, -0.05) is 13.8 Å². The van der Waals surface area contributed by atoms with Gasteiger partial charge in [-0.15, -0.1) is 11.3 Å². The first-order chi connectivity index (χ1) is 8.47. The van der Waals surface area contributed by atoms with Crippen molar-refractivity contribution in [2.75, 3.05) is 5.32 Å². The van der Waals surface area contributed by atoms with E-state index < -0.39 is 0 Å². The molecule has 2 aromatic heterocycles. The second-order valence-electron chi connectivity index (χ2n) is 4.44. The first kappa shape index (κ1) is 14.1. The second-order valence-corrected chi connectivity index (χ2v) is 7.75. The lowest BCUT2D eigenvalue weighted by Gasteiger charge is -2.06. The van der Waals surface area contributed by atoms with E-state index in [1.54, 1.807) is 11.3 Å². The number of hydrogen-bond acceptors (Lipinski definition) is 3. The van der Waals surface area contributed by atoms with Gasteiger partial charge in [0.15, 0.2) is 0 Å². The molecule has 0 unspecified atom stereocenters. The smallest absolute Gasteiger partial charge is 0.0881 e. The van der Waals surface area contributed by atoms with Crippen LogP contribution in [0, 0.1) is 0 Å². The van der Waals surface area contributed by atoms with Crippen LogP contribution in [0.15, 0.2) is 20.5 Å². The molecule has 2 rings (SSSR count). The van der Waals surface area contributed by atoms with Crippen LogP contribution in [0.3, 0.4) is 0 Å². The highest BCUT2D eigenvalue weighted by Gasteiger charge is 2.11. The Hall–Kier alpha value is -0.330. The van der Waals surface area contributed by atoms with Crippen molar-refractivity contribution in [1.82, 2.24) is 9.78 Å². The average Bonchev–Trinajstić information content (AvgIpc) is 2.80. The molecule has 0 bridgehead atoms. The molecule has 0 radical (unpaired) electrons. The zero-order valence-electron chi connectivity index (χ0n) is 10.5. The molecule has 0 spiro atoms. The summed E-state index contributed by atoms with van der Waals surface area (Å²) in [6.45, 7) is 5.14. The van der Waals surface area contributed by atoms with Crippen molar-refractivity contribution in [3.8, 4) is 0 Å². The summed E-state index contributed by atoms with van der Waals surface area (Å²) in [5, 5.41) is 7.94. The van der Waals surface area contributed by atoms with Gasteiger partial charge >= 0.3 is 0 Å². The molecule has 0 aliphatic heterocycles. The monoisotopic (exact) mass is 391 g/mol. The van der Waals surface area contributed by atoms with Gasteiger partial charge in [-0.3, -0.25) is 4.68 Å². The highest BCUT2D eigenvalue weighted by atomic mass is 79.9. The number of hydrogen-bond donors (Lipinski definition) is 1. The third-order valence-electron chi connectivity index (χ3n) is 2.55. The molecule has 0 aliphatic carbocycles. The molecule has 0 aromatic carbocycles. The largest absolute Gasteiger partial charge is 0.377 e. The SMILES string of the molecule is CC(C)c1nn(C)cc1NCc1cc(Br)c(Br)s1. The lowest BCUT2D eigenvalue weighted by Crippen LogP contribution is -2.00. The standard InChI is InChI=1S/C12H15Br2N3S/c1-7(2)11-10(6-17(3)16-11)15-5-8-4-9(13)12(14)18-8/h4,6-7,15H,5H2,1-3H3. The molecule has 6 heteroatoms. The maximum absolute atomic E-state index is 4.48. The molecular weight excluding hydrogens is 378 g/mol. The second kappa shape index (κ2) is 5.75. The van der Waals surface area contributed by atoms with Crippen LogP contribution < -0.4 is 5.32 Å². The number of thiophene rings is 1. The Kier molecular flexibility index (Phi) is 4.50. The first-order valence-electron chi connectivity index (χ1n) is 5.68. The fourth-order valence-electron chi connectivity index (χ4n) is 1.73. The Bertz CT molecular complexity index is 526. The summed E-state index contributed by atoms with van der Waals surface area (Å²) in [6.07, 6.45) is 2.03. The summed E-state index contributed by atoms with van der Waals surface area (Å²) >= 11 is 8.75. The van der Waals surface area contributed by atoms with Crippen LogP contribution in [0.5, 0.6) is 0 Å². The number of aromatic nitrogens is 2. The van der Waals surface area contributed by atoms with E-state index in [0.29, 0.717) is 5.92 Å². The van der Waals surface area contributed by atoms with Crippen molar-refractivity contribution in [3.05, 3.63) is 31.1 Å². The highest BCUT2D eigenvalue weighted by molar-refractivity contribution is 9.13. The maximum atomic E-state index is 4.48. The number of rotatable bonds is 4. The normalized spacial score (nSPS) is 11.2. The van der Waals surface area contributed by atoms with E-state index in [-0.39, 0.29) is 0 Å². The third-order valence-corrected chi connectivity index (χ3v) is 5.81. The molecule has 0 saturated heterocycles. The van der Waals surface area contributed by atoms with Gasteiger partial charge < -0.3 is 5.32 Å². The van der Waals surface area contributed by atoms with E-state index in [4.69, 9.17) is 0 Å². The summed E-state index contributed by atoms with van der Waals surface area (Å²) in [5.74, 6) is 0.426. The lowest BCUT2D eigenvalue weighted by molar-refractivity contribution is 0.713. The van der Waals surface area contributed by atoms with Gasteiger partial charge in [0.05, 0.1) is 15.2 Å². The van der Waals surface area contributed by atoms with Crippen molar-refractivity contribution in [1.29, 1.82) is 0 Å². The van der Waals surface area contributed by atoms with Gasteiger partial charge in [-0.25, -0.2) is 0 Å². The van der Waals surface area contributed by atoms with Gasteiger partial charge in [0.25, 0.3) is 0 Å². The van der Waals surface area contributed by atoms with Crippen LogP contribution in [-0.2, 0) is 13.6 Å². The quantitative estimate of drug-likeness (QED) is 0.813. The molecule has 0 fully saturated rings. The summed E-state index contributed by atoms with van der Waals surface area (Å²) < 4.78 is 4.10. The van der Waals surface area contributed by atoms with Gasteiger partial charge in [-0.2, -0.15) is 5.10 Å². The molecule has 0 aliphatic rings. The first-order valence-corrected chi connectivity index (χ1v) is 8.08. The molecular formula is C12H15Br2N3S. The van der Waals surface area contributed by atoms with Crippen LogP contribution in [0.1, 0.15) is 30.3 Å². The molecule has 0 saturated carbocycles. The van der Waals surface area contributed by atoms with Crippen LogP contribution in [0.2, 0.25) is 0 Å². The van der Waals surface area contributed by atoms with Crippen molar-refractivity contribution in [2.24, 2.45) is 7.05 Å². The van der Waals surface area contributed by atoms with Gasteiger partial charge in [0.2, 0.25) is 0 Å². The highest BCUT2D eigenvalue weighted by Crippen LogP contribution is 2.33. The van der Waals surface area contributed by atoms with Gasteiger partial charge in [0, 0.05) is 29.1 Å². The topological polar surface area (TPSA) is 29.9 Å². The van der Waals surface area contributed by atoms with Crippen LogP contribution in [0.25, 0.3) is 0 Å². The predicted octanol–water partition coefficient (Wildman–Crippen LogP) is 4.74. The zero-order valence-corrected chi connectivity index (χ0v) is 14.5. The molecule has 18 heavy (non-hydrogen) atoms. The van der Waals surface area contributed by atoms with Gasteiger partial charge in [-0.05, 0) is 43.8 Å². The van der Waals surface area contributed by atoms with Crippen molar-refractivity contribution < 1.29 is 0 Å². The Balaban J connectivity index is 2.10. The third kappa shape index (κ3) is 3.16. The Morgan fingerprint density at radius 3 is 2.72 bits per heavy atom. The summed E-state index contributed by atoms with van der Waals surface area (Å²) in [5.41, 5.74) is 2.24. The minimum atomic E-state index is 0.426. The van der Waals surface area contributed by atoms with Gasteiger partial charge in [0.1, 0.15) is 0 Å².